The molecule has 2 N–H and O–H groups in total. The first kappa shape index (κ1) is 37.0. The van der Waals surface area contributed by atoms with Crippen LogP contribution in [0, 0.1) is 29.4 Å². The zero-order chi connectivity index (χ0) is 38.5. The number of pyridine rings is 1. The number of hydrogen-bond donors (Lipinski definition) is 2. The van der Waals surface area contributed by atoms with Crippen molar-refractivity contribution in [2.45, 2.75) is 82.1 Å². The highest BCUT2D eigenvalue weighted by Crippen LogP contribution is 2.53. The van der Waals surface area contributed by atoms with Crippen LogP contribution in [0.2, 0.25) is 0 Å². The molecule has 288 valence electrons. The van der Waals surface area contributed by atoms with Crippen LogP contribution in [-0.4, -0.2) is 94.1 Å². The van der Waals surface area contributed by atoms with Gasteiger partial charge in [0.1, 0.15) is 41.4 Å². The van der Waals surface area contributed by atoms with Crippen molar-refractivity contribution in [2.24, 2.45) is 5.41 Å². The maximum Gasteiger partial charge on any atom is 0.319 e. The Kier molecular flexibility index (Phi) is 9.84. The van der Waals surface area contributed by atoms with Crippen LogP contribution in [0.3, 0.4) is 0 Å². The van der Waals surface area contributed by atoms with Gasteiger partial charge in [-0.05, 0) is 86.9 Å². The number of aromatic nitrogens is 3. The molecule has 1 aliphatic carbocycles. The van der Waals surface area contributed by atoms with E-state index in [0.29, 0.717) is 36.2 Å². The fraction of sp³-hybridized carbons (Fsp3) is 0.476. The highest BCUT2D eigenvalue weighted by Gasteiger charge is 2.54. The second-order valence-corrected chi connectivity index (χ2v) is 15.9. The summed E-state index contributed by atoms with van der Waals surface area (Å²) in [4.78, 5) is 30.5. The van der Waals surface area contributed by atoms with E-state index in [9.17, 15) is 14.3 Å². The van der Waals surface area contributed by atoms with E-state index in [-0.39, 0.29) is 75.9 Å². The first-order valence-electron chi connectivity index (χ1n) is 19.1. The Morgan fingerprint density at radius 3 is 2.75 bits per heavy atom. The lowest BCUT2D eigenvalue weighted by Gasteiger charge is -2.55. The largest absolute Gasteiger partial charge is 0.508 e. The lowest BCUT2D eigenvalue weighted by atomic mass is 9.60. The summed E-state index contributed by atoms with van der Waals surface area (Å²) < 4.78 is 59.3. The minimum absolute atomic E-state index is 0.0740. The third kappa shape index (κ3) is 6.95. The number of amides is 1. The van der Waals surface area contributed by atoms with Crippen molar-refractivity contribution in [3.05, 3.63) is 60.3 Å². The molecule has 1 saturated carbocycles. The third-order valence-corrected chi connectivity index (χ3v) is 12.2. The number of phenolic OH excluding ortho intramolecular Hbond substituents is 1. The Balaban J connectivity index is 1.19. The quantitative estimate of drug-likeness (QED) is 0.152. The first-order valence-corrected chi connectivity index (χ1v) is 19.1. The highest BCUT2D eigenvalue weighted by atomic mass is 19.1. The molecule has 5 heterocycles. The van der Waals surface area contributed by atoms with Crippen LogP contribution < -0.4 is 15.0 Å². The van der Waals surface area contributed by atoms with E-state index in [2.05, 4.69) is 32.7 Å². The van der Waals surface area contributed by atoms with Crippen molar-refractivity contribution in [1.29, 1.82) is 0 Å². The maximum atomic E-state index is 17.1. The summed E-state index contributed by atoms with van der Waals surface area (Å²) in [6.07, 6.45) is 14.0. The number of ether oxygens (including phenoxy) is 2. The second-order valence-electron chi connectivity index (χ2n) is 15.9. The second kappa shape index (κ2) is 14.6. The summed E-state index contributed by atoms with van der Waals surface area (Å²) in [5.74, 6) is 0.746. The molecule has 2 aromatic carbocycles. The molecule has 4 aromatic rings. The number of benzene rings is 2. The number of hydrogen-bond acceptors (Lipinski definition) is 9. The number of terminal acetylenes is 1. The van der Waals surface area contributed by atoms with Gasteiger partial charge < -0.3 is 24.8 Å². The van der Waals surface area contributed by atoms with Crippen molar-refractivity contribution in [2.75, 3.05) is 44.4 Å². The molecule has 3 aliphatic heterocycles. The number of carbonyl (C=O) groups is 1. The van der Waals surface area contributed by atoms with Gasteiger partial charge in [0.25, 0.3) is 0 Å². The lowest BCUT2D eigenvalue weighted by molar-refractivity contribution is -0.117. The third-order valence-electron chi connectivity index (χ3n) is 12.2. The predicted octanol–water partition coefficient (Wildman–Crippen LogP) is 6.61. The Hall–Kier alpha value is -4.93. The average molecular weight is 755 g/mol. The molecule has 3 atom stereocenters. The zero-order valence-electron chi connectivity index (χ0n) is 30.9. The zero-order valence-corrected chi connectivity index (χ0v) is 30.9. The van der Waals surface area contributed by atoms with Crippen molar-refractivity contribution in [1.82, 2.24) is 25.2 Å². The van der Waals surface area contributed by atoms with Crippen LogP contribution in [0.1, 0.15) is 63.9 Å². The molecule has 8 rings (SSSR count). The Morgan fingerprint density at radius 2 is 1.98 bits per heavy atom. The Bertz CT molecular complexity index is 2200. The van der Waals surface area contributed by atoms with Gasteiger partial charge in [-0.15, -0.1) is 6.42 Å². The Morgan fingerprint density at radius 1 is 1.18 bits per heavy atom. The van der Waals surface area contributed by atoms with E-state index in [4.69, 9.17) is 20.9 Å². The fourth-order valence-corrected chi connectivity index (χ4v) is 9.40. The molecule has 10 nitrogen and oxygen atoms in total. The average Bonchev–Trinajstić information content (AvgIpc) is 3.29. The summed E-state index contributed by atoms with van der Waals surface area (Å²) in [5.41, 5.74) is -0.698. The molecule has 1 amide bonds. The molecule has 1 spiro atoms. The molecule has 2 aromatic heterocycles. The topological polar surface area (TPSA) is 113 Å². The van der Waals surface area contributed by atoms with Crippen molar-refractivity contribution < 1.29 is 32.5 Å². The van der Waals surface area contributed by atoms with Gasteiger partial charge in [0.05, 0.1) is 16.5 Å². The molecule has 0 radical (unpaired) electrons. The van der Waals surface area contributed by atoms with Crippen LogP contribution in [-0.2, 0) is 9.53 Å². The minimum Gasteiger partial charge on any atom is -0.508 e. The van der Waals surface area contributed by atoms with Gasteiger partial charge in [0.2, 0.25) is 5.91 Å². The number of nitrogens with one attached hydrogen (secondary N) is 1. The van der Waals surface area contributed by atoms with Gasteiger partial charge in [-0.2, -0.15) is 9.97 Å². The van der Waals surface area contributed by atoms with E-state index in [1.807, 2.05) is 11.8 Å². The standard InChI is InChI=1S/C42H45F3N6O4/c1-4-30-33(44)10-9-25-16-29(52)17-31(35(25)30)37-36(45)38-32(21-46-37)39(50-13-7-6-8-27(23-50)47-34(53)5-2)49-40(48-38)55-24-41(3)18-26(43)22-51(41)28-19-42(20-28)11-14-54-15-12-42/h1,5,9-10,16-17,21,26-28,52H,2,6-8,11-15,18-20,22-24H2,3H3,(H,47,53)/t26-,27?,41+/m1/s1. The Labute approximate surface area is 318 Å². The number of phenols is 1. The van der Waals surface area contributed by atoms with Gasteiger partial charge in [-0.1, -0.05) is 18.6 Å². The van der Waals surface area contributed by atoms with Crippen LogP contribution in [0.4, 0.5) is 19.0 Å². The summed E-state index contributed by atoms with van der Waals surface area (Å²) in [6.45, 7) is 8.42. The number of aromatic hydroxyl groups is 1. The number of alkyl halides is 1. The molecule has 3 saturated heterocycles. The number of likely N-dealkylation sites (tertiary alicyclic amines) is 1. The monoisotopic (exact) mass is 754 g/mol. The highest BCUT2D eigenvalue weighted by molar-refractivity contribution is 6.03. The van der Waals surface area contributed by atoms with Gasteiger partial charge >= 0.3 is 6.01 Å². The van der Waals surface area contributed by atoms with Crippen LogP contribution in [0.15, 0.2) is 43.1 Å². The number of rotatable bonds is 8. The minimum atomic E-state index is -1.02. The van der Waals surface area contributed by atoms with Gasteiger partial charge in [-0.25, -0.2) is 13.2 Å². The number of anilines is 1. The fourth-order valence-electron chi connectivity index (χ4n) is 9.40. The van der Waals surface area contributed by atoms with E-state index in [0.717, 1.165) is 58.2 Å². The SMILES string of the molecule is C#Cc1c(F)ccc2cc(O)cc(-c3ncc4c(N5CCCCC(NC(=O)C=C)C5)nc(OC[C@]5(C)C[C@@H](F)CN5C5CC6(CCOCC6)C5)nc4c3F)c12. The van der Waals surface area contributed by atoms with Crippen molar-refractivity contribution in [3.63, 3.8) is 0 Å². The summed E-state index contributed by atoms with van der Waals surface area (Å²) in [5, 5.41) is 14.6. The normalized spacial score (nSPS) is 24.4. The number of halogens is 3. The van der Waals surface area contributed by atoms with Crippen molar-refractivity contribution >= 4 is 33.4 Å². The number of fused-ring (bicyclic) bond motifs is 2. The van der Waals surface area contributed by atoms with Gasteiger partial charge in [-0.3, -0.25) is 14.7 Å². The van der Waals surface area contributed by atoms with Gasteiger partial charge in [0.15, 0.2) is 5.82 Å². The van der Waals surface area contributed by atoms with Crippen LogP contribution >= 0.6 is 0 Å². The number of nitrogens with zero attached hydrogens (tertiary/aromatic N) is 5. The first-order chi connectivity index (χ1) is 26.5. The van der Waals surface area contributed by atoms with Gasteiger partial charge in [0, 0.05) is 68.5 Å². The summed E-state index contributed by atoms with van der Waals surface area (Å²) in [7, 11) is 0. The van der Waals surface area contributed by atoms with Crippen molar-refractivity contribution in [3.8, 4) is 35.4 Å². The summed E-state index contributed by atoms with van der Waals surface area (Å²) >= 11 is 0. The molecule has 55 heavy (non-hydrogen) atoms. The van der Waals surface area contributed by atoms with E-state index < -0.39 is 23.3 Å². The number of carbonyl (C=O) groups excluding carboxylic acids is 1. The predicted molar refractivity (Wildman–Crippen MR) is 204 cm³/mol. The van der Waals surface area contributed by atoms with Crippen LogP contribution in [0.5, 0.6) is 11.8 Å². The summed E-state index contributed by atoms with van der Waals surface area (Å²) in [6, 6.07) is 5.28. The van der Waals surface area contributed by atoms with E-state index >= 15 is 8.78 Å². The van der Waals surface area contributed by atoms with E-state index in [1.165, 1.54) is 36.5 Å². The maximum absolute atomic E-state index is 17.1. The smallest absolute Gasteiger partial charge is 0.319 e. The molecular formula is C42H45F3N6O4. The molecule has 1 unspecified atom stereocenters. The van der Waals surface area contributed by atoms with E-state index in [1.54, 1.807) is 0 Å². The molecular weight excluding hydrogens is 709 g/mol. The molecule has 4 fully saturated rings. The molecule has 4 aliphatic rings. The molecule has 13 heteroatoms. The van der Waals surface area contributed by atoms with Crippen LogP contribution in [0.25, 0.3) is 32.9 Å². The lowest BCUT2D eigenvalue weighted by Crippen LogP contribution is -2.59. The molecule has 0 bridgehead atoms.